The number of rotatable bonds is 6. The number of benzene rings is 1. The fourth-order valence-electron chi connectivity index (χ4n) is 1.58. The van der Waals surface area contributed by atoms with Crippen molar-refractivity contribution >= 4 is 5.91 Å². The normalized spacial score (nSPS) is 11.7. The molecule has 0 bridgehead atoms. The molecule has 2 N–H and O–H groups in total. The van der Waals surface area contributed by atoms with Crippen LogP contribution < -0.4 is 10.6 Å². The predicted molar refractivity (Wildman–Crippen MR) is 70.7 cm³/mol. The molecule has 5 heteroatoms. The third-order valence-electron chi connectivity index (χ3n) is 2.64. The van der Waals surface area contributed by atoms with E-state index in [1.807, 2.05) is 13.0 Å². The number of halogens is 1. The quantitative estimate of drug-likeness (QED) is 0.821. The largest absolute Gasteiger partial charge is 0.355 e. The number of hydrogen-bond acceptors (Lipinski definition) is 3. The Labute approximate surface area is 112 Å². The number of nitrogens with one attached hydrogen (secondary N) is 2. The molecule has 1 aromatic rings. The van der Waals surface area contributed by atoms with Gasteiger partial charge in [-0.2, -0.15) is 5.26 Å². The topological polar surface area (TPSA) is 64.9 Å². The molecule has 0 fully saturated rings. The van der Waals surface area contributed by atoms with Gasteiger partial charge in [-0.15, -0.1) is 0 Å². The van der Waals surface area contributed by atoms with Gasteiger partial charge < -0.3 is 10.6 Å². The van der Waals surface area contributed by atoms with E-state index in [-0.39, 0.29) is 17.5 Å². The molecule has 19 heavy (non-hydrogen) atoms. The molecule has 0 saturated heterocycles. The van der Waals surface area contributed by atoms with Gasteiger partial charge in [-0.05, 0) is 37.1 Å². The molecule has 0 aliphatic heterocycles. The first-order chi connectivity index (χ1) is 9.06. The fraction of sp³-hybridized carbons (Fsp3) is 0.429. The molecule has 102 valence electrons. The Morgan fingerprint density at radius 2 is 2.21 bits per heavy atom. The van der Waals surface area contributed by atoms with Crippen LogP contribution in [0.15, 0.2) is 18.2 Å². The third kappa shape index (κ3) is 5.06. The number of nitriles is 1. The first kappa shape index (κ1) is 15.1. The summed E-state index contributed by atoms with van der Waals surface area (Å²) in [7, 11) is 0. The Morgan fingerprint density at radius 3 is 2.84 bits per heavy atom. The van der Waals surface area contributed by atoms with Crippen LogP contribution in [0.3, 0.4) is 0 Å². The molecule has 1 unspecified atom stereocenters. The van der Waals surface area contributed by atoms with Crippen molar-refractivity contribution in [3.8, 4) is 6.07 Å². The van der Waals surface area contributed by atoms with E-state index in [1.54, 1.807) is 13.0 Å². The molecule has 0 aromatic heterocycles. The van der Waals surface area contributed by atoms with E-state index >= 15 is 0 Å². The van der Waals surface area contributed by atoms with Gasteiger partial charge in [-0.25, -0.2) is 4.39 Å². The Morgan fingerprint density at radius 1 is 1.47 bits per heavy atom. The van der Waals surface area contributed by atoms with Gasteiger partial charge in [-0.3, -0.25) is 4.79 Å². The lowest BCUT2D eigenvalue weighted by Gasteiger charge is -2.13. The van der Waals surface area contributed by atoms with Gasteiger partial charge in [0.05, 0.1) is 17.7 Å². The number of carbonyl (C=O) groups excluding carboxylic acids is 1. The van der Waals surface area contributed by atoms with Gasteiger partial charge in [-0.1, -0.05) is 6.92 Å². The first-order valence-corrected chi connectivity index (χ1v) is 6.27. The van der Waals surface area contributed by atoms with Gasteiger partial charge in [0, 0.05) is 13.1 Å². The van der Waals surface area contributed by atoms with E-state index in [4.69, 9.17) is 5.26 Å². The summed E-state index contributed by atoms with van der Waals surface area (Å²) >= 11 is 0. The molecule has 1 atom stereocenters. The standard InChI is InChI=1S/C14H18FN3O/c1-3-4-17-14(19)10(2)18-9-12-5-11(8-16)6-13(15)7-12/h5-7,10,18H,3-4,9H2,1-2H3,(H,17,19). The highest BCUT2D eigenvalue weighted by molar-refractivity contribution is 5.81. The smallest absolute Gasteiger partial charge is 0.236 e. The summed E-state index contributed by atoms with van der Waals surface area (Å²) in [5.74, 6) is -0.530. The molecule has 0 radical (unpaired) electrons. The maximum Gasteiger partial charge on any atom is 0.236 e. The van der Waals surface area contributed by atoms with Crippen molar-refractivity contribution in [2.24, 2.45) is 0 Å². The Bertz CT molecular complexity index is 482. The molecule has 0 spiro atoms. The minimum absolute atomic E-state index is 0.0845. The summed E-state index contributed by atoms with van der Waals surface area (Å²) < 4.78 is 13.2. The average molecular weight is 263 g/mol. The van der Waals surface area contributed by atoms with Gasteiger partial charge in [0.2, 0.25) is 5.91 Å². The maximum absolute atomic E-state index is 13.2. The molecule has 0 aliphatic carbocycles. The molecule has 0 heterocycles. The van der Waals surface area contributed by atoms with Crippen molar-refractivity contribution in [1.82, 2.24) is 10.6 Å². The zero-order valence-electron chi connectivity index (χ0n) is 11.2. The van der Waals surface area contributed by atoms with E-state index in [1.165, 1.54) is 12.1 Å². The van der Waals surface area contributed by atoms with E-state index < -0.39 is 5.82 Å². The van der Waals surface area contributed by atoms with Crippen molar-refractivity contribution in [2.75, 3.05) is 6.54 Å². The highest BCUT2D eigenvalue weighted by atomic mass is 19.1. The Balaban J connectivity index is 2.55. The number of nitrogens with zero attached hydrogens (tertiary/aromatic N) is 1. The summed E-state index contributed by atoms with van der Waals surface area (Å²) in [6.45, 7) is 4.71. The van der Waals surface area contributed by atoms with Crippen molar-refractivity contribution in [2.45, 2.75) is 32.9 Å². The Hall–Kier alpha value is -1.93. The van der Waals surface area contributed by atoms with Crippen LogP contribution in [0, 0.1) is 17.1 Å². The summed E-state index contributed by atoms with van der Waals surface area (Å²) in [6.07, 6.45) is 0.883. The molecule has 1 rings (SSSR count). The van der Waals surface area contributed by atoms with E-state index in [0.717, 1.165) is 6.42 Å². The number of hydrogen-bond donors (Lipinski definition) is 2. The molecular weight excluding hydrogens is 245 g/mol. The van der Waals surface area contributed by atoms with Crippen molar-refractivity contribution < 1.29 is 9.18 Å². The highest BCUT2D eigenvalue weighted by Crippen LogP contribution is 2.08. The summed E-state index contributed by atoms with van der Waals surface area (Å²) in [6, 6.07) is 5.68. The van der Waals surface area contributed by atoms with Crippen molar-refractivity contribution in [3.63, 3.8) is 0 Å². The number of amides is 1. The first-order valence-electron chi connectivity index (χ1n) is 6.27. The second-order valence-corrected chi connectivity index (χ2v) is 4.35. The van der Waals surface area contributed by atoms with E-state index in [2.05, 4.69) is 10.6 Å². The van der Waals surface area contributed by atoms with Crippen LogP contribution in [0.25, 0.3) is 0 Å². The van der Waals surface area contributed by atoms with Gasteiger partial charge in [0.15, 0.2) is 0 Å². The van der Waals surface area contributed by atoms with Crippen molar-refractivity contribution in [3.05, 3.63) is 35.1 Å². The lowest BCUT2D eigenvalue weighted by Crippen LogP contribution is -2.42. The lowest BCUT2D eigenvalue weighted by atomic mass is 10.1. The molecule has 0 saturated carbocycles. The van der Waals surface area contributed by atoms with Crippen LogP contribution in [0.4, 0.5) is 4.39 Å². The third-order valence-corrected chi connectivity index (χ3v) is 2.64. The second kappa shape index (κ2) is 7.49. The second-order valence-electron chi connectivity index (χ2n) is 4.35. The van der Waals surface area contributed by atoms with Crippen LogP contribution in [0.1, 0.15) is 31.4 Å². The summed E-state index contributed by atoms with van der Waals surface area (Å²) in [4.78, 5) is 11.6. The van der Waals surface area contributed by atoms with Gasteiger partial charge in [0.25, 0.3) is 0 Å². The lowest BCUT2D eigenvalue weighted by molar-refractivity contribution is -0.122. The Kier molecular flexibility index (Phi) is 5.97. The molecule has 0 aliphatic rings. The van der Waals surface area contributed by atoms with Crippen LogP contribution in [-0.4, -0.2) is 18.5 Å². The molecule has 1 amide bonds. The number of carbonyl (C=O) groups is 1. The fourth-order valence-corrected chi connectivity index (χ4v) is 1.58. The van der Waals surface area contributed by atoms with Gasteiger partial charge >= 0.3 is 0 Å². The molecule has 1 aromatic carbocycles. The summed E-state index contributed by atoms with van der Waals surface area (Å²) in [5, 5.41) is 14.5. The van der Waals surface area contributed by atoms with Gasteiger partial charge in [0.1, 0.15) is 5.82 Å². The minimum Gasteiger partial charge on any atom is -0.355 e. The SMILES string of the molecule is CCCNC(=O)C(C)NCc1cc(F)cc(C#N)c1. The average Bonchev–Trinajstić information content (AvgIpc) is 2.41. The zero-order chi connectivity index (χ0) is 14.3. The molecular formula is C14H18FN3O. The van der Waals surface area contributed by atoms with Crippen LogP contribution >= 0.6 is 0 Å². The van der Waals surface area contributed by atoms with Crippen LogP contribution in [0.5, 0.6) is 0 Å². The zero-order valence-corrected chi connectivity index (χ0v) is 11.2. The summed E-state index contributed by atoms with van der Waals surface area (Å²) in [5.41, 5.74) is 0.923. The van der Waals surface area contributed by atoms with Crippen LogP contribution in [0.2, 0.25) is 0 Å². The monoisotopic (exact) mass is 263 g/mol. The predicted octanol–water partition coefficient (Wildman–Crippen LogP) is 1.70. The molecule has 4 nitrogen and oxygen atoms in total. The van der Waals surface area contributed by atoms with Crippen LogP contribution in [-0.2, 0) is 11.3 Å². The minimum atomic E-state index is -0.445. The van der Waals surface area contributed by atoms with Crippen molar-refractivity contribution in [1.29, 1.82) is 5.26 Å². The van der Waals surface area contributed by atoms with E-state index in [0.29, 0.717) is 18.7 Å². The van der Waals surface area contributed by atoms with E-state index in [9.17, 15) is 9.18 Å². The maximum atomic E-state index is 13.2. The highest BCUT2D eigenvalue weighted by Gasteiger charge is 2.11.